The largest absolute Gasteiger partial charge is 0.490 e. The third-order valence-electron chi connectivity index (χ3n) is 2.93. The van der Waals surface area contributed by atoms with E-state index >= 15 is 0 Å². The van der Waals surface area contributed by atoms with Crippen molar-refractivity contribution in [1.82, 2.24) is 0 Å². The number of amides is 1. The summed E-state index contributed by atoms with van der Waals surface area (Å²) in [5.74, 6) is 0.586. The minimum absolute atomic E-state index is 0.104. The third-order valence-corrected chi connectivity index (χ3v) is 2.93. The molecule has 90 valence electrons. The topological polar surface area (TPSA) is 69.4 Å². The lowest BCUT2D eigenvalue weighted by Gasteiger charge is -2.22. The Balaban J connectivity index is 1.95. The molecule has 0 aliphatic heterocycles. The van der Waals surface area contributed by atoms with Gasteiger partial charge in [-0.15, -0.1) is 0 Å². The maximum absolute atomic E-state index is 11.1. The van der Waals surface area contributed by atoms with E-state index in [0.717, 1.165) is 12.8 Å². The number of nitrogens with two attached hydrogens (primary N) is 1. The Hall–Kier alpha value is -1.84. The zero-order valence-corrected chi connectivity index (χ0v) is 9.52. The first-order chi connectivity index (χ1) is 8.15. The molecule has 1 aliphatic carbocycles. The molecule has 1 amide bonds. The fraction of sp³-hybridized carbons (Fsp3) is 0.385. The lowest BCUT2D eigenvalue weighted by Crippen LogP contribution is -2.24. The average molecular weight is 233 g/mol. The number of ether oxygens (including phenoxy) is 1. The zero-order chi connectivity index (χ0) is 12.3. The molecule has 0 bridgehead atoms. The number of carbonyl (C=O) groups is 2. The summed E-state index contributed by atoms with van der Waals surface area (Å²) in [6.07, 6.45) is 2.85. The third kappa shape index (κ3) is 3.06. The maximum Gasteiger partial charge on any atom is 0.248 e. The van der Waals surface area contributed by atoms with Crippen LogP contribution in [0.15, 0.2) is 24.3 Å². The van der Waals surface area contributed by atoms with Gasteiger partial charge in [-0.05, 0) is 37.1 Å². The highest BCUT2D eigenvalue weighted by Gasteiger charge is 2.19. The Labute approximate surface area is 99.8 Å². The van der Waals surface area contributed by atoms with Crippen LogP contribution in [-0.2, 0) is 4.79 Å². The summed E-state index contributed by atoms with van der Waals surface area (Å²) in [6.45, 7) is 0. The number of benzene rings is 1. The Kier molecular flexibility index (Phi) is 3.42. The van der Waals surface area contributed by atoms with Gasteiger partial charge in [-0.1, -0.05) is 0 Å². The Morgan fingerprint density at radius 3 is 2.29 bits per heavy atom. The molecule has 4 nitrogen and oxygen atoms in total. The van der Waals surface area contributed by atoms with Crippen LogP contribution in [0, 0.1) is 0 Å². The van der Waals surface area contributed by atoms with Crippen molar-refractivity contribution >= 4 is 11.7 Å². The molecule has 4 heteroatoms. The smallest absolute Gasteiger partial charge is 0.248 e. The molecule has 1 aromatic rings. The predicted molar refractivity (Wildman–Crippen MR) is 62.9 cm³/mol. The van der Waals surface area contributed by atoms with E-state index in [0.29, 0.717) is 29.9 Å². The van der Waals surface area contributed by atoms with Crippen molar-refractivity contribution < 1.29 is 14.3 Å². The molecule has 0 atom stereocenters. The van der Waals surface area contributed by atoms with Crippen molar-refractivity contribution in [2.75, 3.05) is 0 Å². The first-order valence-corrected chi connectivity index (χ1v) is 5.73. The number of hydrogen-bond acceptors (Lipinski definition) is 3. The summed E-state index contributed by atoms with van der Waals surface area (Å²) in [5.41, 5.74) is 5.61. The van der Waals surface area contributed by atoms with Crippen LogP contribution in [0.1, 0.15) is 36.0 Å². The van der Waals surface area contributed by atoms with Crippen molar-refractivity contribution in [2.24, 2.45) is 5.73 Å². The summed E-state index contributed by atoms with van der Waals surface area (Å²) in [4.78, 5) is 22.0. The number of ketones is 1. The second-order valence-electron chi connectivity index (χ2n) is 4.24. The minimum atomic E-state index is -0.445. The van der Waals surface area contributed by atoms with Crippen LogP contribution >= 0.6 is 0 Å². The fourth-order valence-corrected chi connectivity index (χ4v) is 1.92. The SMILES string of the molecule is NC(=O)c1ccc(OC2CCC(=O)CC2)cc1. The molecule has 0 radical (unpaired) electrons. The van der Waals surface area contributed by atoms with Gasteiger partial charge in [0, 0.05) is 18.4 Å². The molecular weight excluding hydrogens is 218 g/mol. The van der Waals surface area contributed by atoms with Gasteiger partial charge in [0.2, 0.25) is 5.91 Å². The van der Waals surface area contributed by atoms with Gasteiger partial charge in [-0.2, -0.15) is 0 Å². The molecule has 0 aromatic heterocycles. The van der Waals surface area contributed by atoms with Gasteiger partial charge in [0.25, 0.3) is 0 Å². The van der Waals surface area contributed by atoms with Gasteiger partial charge >= 0.3 is 0 Å². The molecule has 0 unspecified atom stereocenters. The Morgan fingerprint density at radius 2 is 1.76 bits per heavy atom. The summed E-state index contributed by atoms with van der Waals surface area (Å²) >= 11 is 0. The van der Waals surface area contributed by atoms with E-state index in [-0.39, 0.29) is 6.10 Å². The monoisotopic (exact) mass is 233 g/mol. The van der Waals surface area contributed by atoms with E-state index in [2.05, 4.69) is 0 Å². The van der Waals surface area contributed by atoms with Crippen molar-refractivity contribution in [1.29, 1.82) is 0 Å². The lowest BCUT2D eigenvalue weighted by molar-refractivity contribution is -0.121. The van der Waals surface area contributed by atoms with Gasteiger partial charge in [-0.3, -0.25) is 9.59 Å². The lowest BCUT2D eigenvalue weighted by atomic mass is 9.96. The quantitative estimate of drug-likeness (QED) is 0.863. The molecule has 0 heterocycles. The fourth-order valence-electron chi connectivity index (χ4n) is 1.92. The van der Waals surface area contributed by atoms with E-state index in [1.165, 1.54) is 0 Å². The predicted octanol–water partition coefficient (Wildman–Crippen LogP) is 1.68. The highest BCUT2D eigenvalue weighted by Crippen LogP contribution is 2.21. The highest BCUT2D eigenvalue weighted by atomic mass is 16.5. The van der Waals surface area contributed by atoms with Crippen LogP contribution in [-0.4, -0.2) is 17.8 Å². The van der Waals surface area contributed by atoms with Gasteiger partial charge in [0.15, 0.2) is 0 Å². The van der Waals surface area contributed by atoms with Gasteiger partial charge < -0.3 is 10.5 Å². The normalized spacial score (nSPS) is 16.8. The number of rotatable bonds is 3. The summed E-state index contributed by atoms with van der Waals surface area (Å²) in [6, 6.07) is 6.75. The van der Waals surface area contributed by atoms with Crippen LogP contribution in [0.5, 0.6) is 5.75 Å². The van der Waals surface area contributed by atoms with Crippen molar-refractivity contribution in [3.05, 3.63) is 29.8 Å². The van der Waals surface area contributed by atoms with Crippen LogP contribution in [0.3, 0.4) is 0 Å². The Bertz CT molecular complexity index is 415. The van der Waals surface area contributed by atoms with Crippen LogP contribution in [0.2, 0.25) is 0 Å². The second-order valence-corrected chi connectivity index (χ2v) is 4.24. The standard InChI is InChI=1S/C13H15NO3/c14-13(16)9-1-5-11(6-2-9)17-12-7-3-10(15)4-8-12/h1-2,5-6,12H,3-4,7-8H2,(H2,14,16). The molecule has 2 rings (SSSR count). The number of Topliss-reactive ketones (excluding diaryl/α,β-unsaturated/α-hetero) is 1. The Morgan fingerprint density at radius 1 is 1.18 bits per heavy atom. The van der Waals surface area contributed by atoms with E-state index in [1.54, 1.807) is 24.3 Å². The minimum Gasteiger partial charge on any atom is -0.490 e. The van der Waals surface area contributed by atoms with Crippen LogP contribution in [0.4, 0.5) is 0 Å². The number of carbonyl (C=O) groups excluding carboxylic acids is 2. The number of primary amides is 1. The second kappa shape index (κ2) is 4.99. The number of hydrogen-bond donors (Lipinski definition) is 1. The molecule has 1 aromatic carbocycles. The maximum atomic E-state index is 11.1. The summed E-state index contributed by atoms with van der Waals surface area (Å²) < 4.78 is 5.73. The van der Waals surface area contributed by atoms with Crippen LogP contribution < -0.4 is 10.5 Å². The van der Waals surface area contributed by atoms with E-state index < -0.39 is 5.91 Å². The molecule has 1 fully saturated rings. The summed E-state index contributed by atoms with van der Waals surface area (Å²) in [7, 11) is 0. The molecular formula is C13H15NO3. The van der Waals surface area contributed by atoms with Gasteiger partial charge in [-0.25, -0.2) is 0 Å². The van der Waals surface area contributed by atoms with Crippen molar-refractivity contribution in [3.8, 4) is 5.75 Å². The van der Waals surface area contributed by atoms with E-state index in [9.17, 15) is 9.59 Å². The average Bonchev–Trinajstić information content (AvgIpc) is 2.33. The molecule has 17 heavy (non-hydrogen) atoms. The molecule has 1 aliphatic rings. The summed E-state index contributed by atoms with van der Waals surface area (Å²) in [5, 5.41) is 0. The molecule has 0 saturated heterocycles. The molecule has 2 N–H and O–H groups in total. The van der Waals surface area contributed by atoms with Crippen molar-refractivity contribution in [3.63, 3.8) is 0 Å². The van der Waals surface area contributed by atoms with Gasteiger partial charge in [0.1, 0.15) is 11.5 Å². The zero-order valence-electron chi connectivity index (χ0n) is 9.52. The van der Waals surface area contributed by atoms with E-state index in [4.69, 9.17) is 10.5 Å². The molecule has 0 spiro atoms. The van der Waals surface area contributed by atoms with E-state index in [1.807, 2.05) is 0 Å². The highest BCUT2D eigenvalue weighted by molar-refractivity contribution is 5.92. The first-order valence-electron chi connectivity index (χ1n) is 5.73. The van der Waals surface area contributed by atoms with Crippen LogP contribution in [0.25, 0.3) is 0 Å². The van der Waals surface area contributed by atoms with Crippen molar-refractivity contribution in [2.45, 2.75) is 31.8 Å². The van der Waals surface area contributed by atoms with Gasteiger partial charge in [0.05, 0.1) is 6.10 Å². The first kappa shape index (κ1) is 11.6. The molecule has 1 saturated carbocycles.